The van der Waals surface area contributed by atoms with Gasteiger partial charge in [-0.05, 0) is 35.7 Å². The molecule has 7 nitrogen and oxygen atoms in total. The molecule has 0 spiro atoms. The number of halogens is 3. The minimum atomic E-state index is -4.67. The maximum absolute atomic E-state index is 13.0. The highest BCUT2D eigenvalue weighted by Gasteiger charge is 2.34. The fourth-order valence-corrected chi connectivity index (χ4v) is 4.24. The van der Waals surface area contributed by atoms with Crippen molar-refractivity contribution < 1.29 is 27.5 Å². The number of carbonyl (C=O) groups is 2. The molecular formula is C23H25F3N4O3. The summed E-state index contributed by atoms with van der Waals surface area (Å²) in [6, 6.07) is 9.24. The van der Waals surface area contributed by atoms with Crippen LogP contribution >= 0.6 is 0 Å². The van der Waals surface area contributed by atoms with Gasteiger partial charge in [-0.25, -0.2) is 0 Å². The van der Waals surface area contributed by atoms with Crippen molar-refractivity contribution in [1.82, 2.24) is 15.5 Å². The van der Waals surface area contributed by atoms with E-state index in [0.717, 1.165) is 43.8 Å². The summed E-state index contributed by atoms with van der Waals surface area (Å²) in [5, 5.41) is 5.21. The summed E-state index contributed by atoms with van der Waals surface area (Å²) >= 11 is 0. The lowest BCUT2D eigenvalue weighted by Crippen LogP contribution is -2.43. The SMILES string of the molecule is Nc1c(C(=O)NCC(=O)NC2CCN(Cc3ccc4c(c3)CCO4)C2)cccc1C(F)(F)F. The second-order valence-electron chi connectivity index (χ2n) is 8.28. The molecule has 0 bridgehead atoms. The summed E-state index contributed by atoms with van der Waals surface area (Å²) in [4.78, 5) is 26.8. The van der Waals surface area contributed by atoms with Gasteiger partial charge in [0.1, 0.15) is 5.75 Å². The number of fused-ring (bicyclic) bond motifs is 1. The number of hydrogen-bond acceptors (Lipinski definition) is 5. The number of nitrogens with one attached hydrogen (secondary N) is 2. The van der Waals surface area contributed by atoms with Gasteiger partial charge in [-0.2, -0.15) is 13.2 Å². The van der Waals surface area contributed by atoms with E-state index in [9.17, 15) is 22.8 Å². The molecule has 2 aliphatic heterocycles. The van der Waals surface area contributed by atoms with Crippen molar-refractivity contribution in [2.45, 2.75) is 31.6 Å². The molecule has 2 aromatic carbocycles. The van der Waals surface area contributed by atoms with Gasteiger partial charge < -0.3 is 21.1 Å². The third kappa shape index (κ3) is 5.39. The molecular weight excluding hydrogens is 437 g/mol. The van der Waals surface area contributed by atoms with Gasteiger partial charge in [-0.1, -0.05) is 18.2 Å². The minimum Gasteiger partial charge on any atom is -0.493 e. The quantitative estimate of drug-likeness (QED) is 0.573. The fraction of sp³-hybridized carbons (Fsp3) is 0.391. The number of benzene rings is 2. The number of nitrogens with zero attached hydrogens (tertiary/aromatic N) is 1. The van der Waals surface area contributed by atoms with Crippen molar-refractivity contribution in [1.29, 1.82) is 0 Å². The van der Waals surface area contributed by atoms with Gasteiger partial charge in [-0.3, -0.25) is 14.5 Å². The molecule has 0 radical (unpaired) electrons. The summed E-state index contributed by atoms with van der Waals surface area (Å²) in [5.74, 6) is -0.294. The van der Waals surface area contributed by atoms with E-state index in [-0.39, 0.29) is 18.2 Å². The molecule has 176 valence electrons. The van der Waals surface area contributed by atoms with Crippen LogP contribution in [-0.2, 0) is 23.9 Å². The molecule has 4 N–H and O–H groups in total. The number of anilines is 1. The topological polar surface area (TPSA) is 96.7 Å². The number of likely N-dealkylation sites (tertiary alicyclic amines) is 1. The summed E-state index contributed by atoms with van der Waals surface area (Å²) in [7, 11) is 0. The maximum Gasteiger partial charge on any atom is 0.418 e. The number of alkyl halides is 3. The van der Waals surface area contributed by atoms with E-state index in [1.54, 1.807) is 0 Å². The van der Waals surface area contributed by atoms with Crippen LogP contribution in [0.1, 0.15) is 33.5 Å². The molecule has 2 aliphatic rings. The van der Waals surface area contributed by atoms with E-state index in [1.807, 2.05) is 12.1 Å². The number of para-hydroxylation sites is 1. The first-order valence-corrected chi connectivity index (χ1v) is 10.7. The number of ether oxygens (including phenoxy) is 1. The summed E-state index contributed by atoms with van der Waals surface area (Å²) < 4.78 is 44.5. The Labute approximate surface area is 189 Å². The highest BCUT2D eigenvalue weighted by Crippen LogP contribution is 2.34. The van der Waals surface area contributed by atoms with Gasteiger partial charge in [0.25, 0.3) is 5.91 Å². The molecule has 1 atom stereocenters. The summed E-state index contributed by atoms with van der Waals surface area (Å²) in [5.41, 5.74) is 5.87. The first-order chi connectivity index (χ1) is 15.7. The number of nitrogen functional groups attached to an aromatic ring is 1. The lowest BCUT2D eigenvalue weighted by atomic mass is 10.1. The van der Waals surface area contributed by atoms with Crippen LogP contribution in [0.4, 0.5) is 18.9 Å². The zero-order valence-corrected chi connectivity index (χ0v) is 17.9. The second-order valence-corrected chi connectivity index (χ2v) is 8.28. The minimum absolute atomic E-state index is 0.0641. The Hall–Kier alpha value is -3.27. The molecule has 10 heteroatoms. The first kappa shape index (κ1) is 22.9. The average Bonchev–Trinajstić information content (AvgIpc) is 3.40. The van der Waals surface area contributed by atoms with Gasteiger partial charge in [0, 0.05) is 32.1 Å². The third-order valence-corrected chi connectivity index (χ3v) is 5.86. The second kappa shape index (κ2) is 9.30. The number of nitrogens with two attached hydrogens (primary N) is 1. The fourth-order valence-electron chi connectivity index (χ4n) is 4.24. The molecule has 33 heavy (non-hydrogen) atoms. The van der Waals surface area contributed by atoms with Crippen LogP contribution < -0.4 is 21.1 Å². The molecule has 4 rings (SSSR count). The number of amides is 2. The van der Waals surface area contributed by atoms with Crippen molar-refractivity contribution in [3.63, 3.8) is 0 Å². The zero-order chi connectivity index (χ0) is 23.6. The predicted molar refractivity (Wildman–Crippen MR) is 116 cm³/mol. The molecule has 2 amide bonds. The Morgan fingerprint density at radius 1 is 1.21 bits per heavy atom. The van der Waals surface area contributed by atoms with E-state index < -0.39 is 29.2 Å². The maximum atomic E-state index is 13.0. The normalized spacial score (nSPS) is 18.0. The number of hydrogen-bond donors (Lipinski definition) is 3. The van der Waals surface area contributed by atoms with Gasteiger partial charge in [-0.15, -0.1) is 0 Å². The van der Waals surface area contributed by atoms with Gasteiger partial charge in [0.2, 0.25) is 5.91 Å². The molecule has 1 unspecified atom stereocenters. The van der Waals surface area contributed by atoms with Crippen LogP contribution in [-0.4, -0.2) is 49.0 Å². The predicted octanol–water partition coefficient (Wildman–Crippen LogP) is 2.34. The van der Waals surface area contributed by atoms with Crippen molar-refractivity contribution in [2.24, 2.45) is 0 Å². The van der Waals surface area contributed by atoms with Crippen molar-refractivity contribution in [3.8, 4) is 5.75 Å². The van der Waals surface area contributed by atoms with Crippen LogP contribution in [0.15, 0.2) is 36.4 Å². The molecule has 2 aromatic rings. The van der Waals surface area contributed by atoms with E-state index in [4.69, 9.17) is 10.5 Å². The average molecular weight is 462 g/mol. The van der Waals surface area contributed by atoms with Crippen molar-refractivity contribution in [3.05, 3.63) is 58.7 Å². The standard InChI is InChI=1S/C23H25F3N4O3/c24-23(25,26)18-3-1-2-17(21(18)27)22(32)28-11-20(31)29-16-6-8-30(13-16)12-14-4-5-19-15(10-14)7-9-33-19/h1-5,10,16H,6-9,11-13,27H2,(H,28,32)(H,29,31). The Morgan fingerprint density at radius 2 is 2.03 bits per heavy atom. The molecule has 0 aliphatic carbocycles. The van der Waals surface area contributed by atoms with Gasteiger partial charge >= 0.3 is 6.18 Å². The lowest BCUT2D eigenvalue weighted by Gasteiger charge is -2.17. The van der Waals surface area contributed by atoms with Crippen molar-refractivity contribution >= 4 is 17.5 Å². The van der Waals surface area contributed by atoms with Crippen LogP contribution in [0.5, 0.6) is 5.75 Å². The van der Waals surface area contributed by atoms with E-state index in [2.05, 4.69) is 21.6 Å². The highest BCUT2D eigenvalue weighted by molar-refractivity contribution is 6.01. The lowest BCUT2D eigenvalue weighted by molar-refractivity contribution is -0.137. The summed E-state index contributed by atoms with van der Waals surface area (Å²) in [6.07, 6.45) is -2.98. The third-order valence-electron chi connectivity index (χ3n) is 5.86. The first-order valence-electron chi connectivity index (χ1n) is 10.7. The van der Waals surface area contributed by atoms with Crippen LogP contribution in [0.3, 0.4) is 0 Å². The van der Waals surface area contributed by atoms with Crippen LogP contribution in [0.2, 0.25) is 0 Å². The number of rotatable bonds is 6. The Balaban J connectivity index is 1.25. The van der Waals surface area contributed by atoms with E-state index in [0.29, 0.717) is 13.2 Å². The smallest absolute Gasteiger partial charge is 0.418 e. The van der Waals surface area contributed by atoms with Crippen molar-refractivity contribution in [2.75, 3.05) is 32.0 Å². The Bertz CT molecular complexity index is 1060. The molecule has 0 saturated carbocycles. The van der Waals surface area contributed by atoms with Crippen LogP contribution in [0, 0.1) is 0 Å². The molecule has 1 fully saturated rings. The Morgan fingerprint density at radius 3 is 2.82 bits per heavy atom. The molecule has 1 saturated heterocycles. The summed E-state index contributed by atoms with van der Waals surface area (Å²) in [6.45, 7) is 2.63. The van der Waals surface area contributed by atoms with E-state index >= 15 is 0 Å². The van der Waals surface area contributed by atoms with Gasteiger partial charge in [0.05, 0.1) is 30.0 Å². The van der Waals surface area contributed by atoms with E-state index in [1.165, 1.54) is 17.2 Å². The molecule has 0 aromatic heterocycles. The molecule has 2 heterocycles. The number of carbonyl (C=O) groups excluding carboxylic acids is 2. The Kier molecular flexibility index (Phi) is 6.46. The largest absolute Gasteiger partial charge is 0.493 e. The highest BCUT2D eigenvalue weighted by atomic mass is 19.4. The van der Waals surface area contributed by atoms with Crippen LogP contribution in [0.25, 0.3) is 0 Å². The monoisotopic (exact) mass is 462 g/mol. The van der Waals surface area contributed by atoms with Gasteiger partial charge in [0.15, 0.2) is 0 Å². The zero-order valence-electron chi connectivity index (χ0n) is 17.9.